The number of nitrogens with one attached hydrogen (secondary N) is 3. The lowest BCUT2D eigenvalue weighted by molar-refractivity contribution is -0.117. The number of likely N-dealkylation sites (N-methyl/N-ethyl adjacent to an activating group) is 2. The van der Waals surface area contributed by atoms with E-state index >= 15 is 0 Å². The molecular formula is C30H34N4O4. The van der Waals surface area contributed by atoms with Crippen LogP contribution in [0.15, 0.2) is 66.7 Å². The van der Waals surface area contributed by atoms with Crippen molar-refractivity contribution in [2.75, 3.05) is 48.9 Å². The van der Waals surface area contributed by atoms with Crippen LogP contribution >= 0.6 is 0 Å². The fourth-order valence-electron chi connectivity index (χ4n) is 4.25. The maximum absolute atomic E-state index is 13.3. The van der Waals surface area contributed by atoms with E-state index in [1.165, 1.54) is 0 Å². The van der Waals surface area contributed by atoms with Crippen LogP contribution in [0.2, 0.25) is 0 Å². The fourth-order valence-corrected chi connectivity index (χ4v) is 4.25. The van der Waals surface area contributed by atoms with Crippen molar-refractivity contribution in [2.24, 2.45) is 0 Å². The average molecular weight is 515 g/mol. The van der Waals surface area contributed by atoms with Crippen LogP contribution in [0.1, 0.15) is 31.9 Å². The van der Waals surface area contributed by atoms with Gasteiger partial charge in [-0.15, -0.1) is 0 Å². The molecule has 3 aromatic rings. The summed E-state index contributed by atoms with van der Waals surface area (Å²) in [4.78, 5) is 27.4. The highest BCUT2D eigenvalue weighted by Crippen LogP contribution is 2.43. The molecule has 3 N–H and O–H groups in total. The molecule has 1 aliphatic rings. The summed E-state index contributed by atoms with van der Waals surface area (Å²) in [6, 6.07) is 20.9. The van der Waals surface area contributed by atoms with Gasteiger partial charge in [0, 0.05) is 30.1 Å². The molecule has 0 radical (unpaired) electrons. The van der Waals surface area contributed by atoms with Crippen molar-refractivity contribution in [1.82, 2.24) is 5.32 Å². The van der Waals surface area contributed by atoms with Crippen LogP contribution in [0.4, 0.5) is 17.1 Å². The van der Waals surface area contributed by atoms with E-state index in [2.05, 4.69) is 16.0 Å². The Balaban J connectivity index is 1.74. The average Bonchev–Trinajstić information content (AvgIpc) is 3.25. The Morgan fingerprint density at radius 2 is 1.58 bits per heavy atom. The first-order valence-corrected chi connectivity index (χ1v) is 12.9. The van der Waals surface area contributed by atoms with E-state index < -0.39 is 0 Å². The Morgan fingerprint density at radius 3 is 2.21 bits per heavy atom. The van der Waals surface area contributed by atoms with Gasteiger partial charge >= 0.3 is 0 Å². The first-order chi connectivity index (χ1) is 18.5. The van der Waals surface area contributed by atoms with Gasteiger partial charge in [0.15, 0.2) is 11.5 Å². The molecule has 0 saturated carbocycles. The molecule has 3 aromatic carbocycles. The molecule has 0 saturated heterocycles. The Hall–Kier alpha value is -4.30. The molecule has 1 aliphatic heterocycles. The highest BCUT2D eigenvalue weighted by Gasteiger charge is 2.30. The Labute approximate surface area is 223 Å². The molecule has 198 valence electrons. The highest BCUT2D eigenvalue weighted by molar-refractivity contribution is 6.37. The summed E-state index contributed by atoms with van der Waals surface area (Å²) in [5.41, 5.74) is 5.00. The number of carbonyl (C=O) groups excluding carboxylic acids is 2. The molecule has 0 aliphatic carbocycles. The van der Waals surface area contributed by atoms with Crippen molar-refractivity contribution in [2.45, 2.75) is 20.8 Å². The van der Waals surface area contributed by atoms with Gasteiger partial charge in [0.2, 0.25) is 5.91 Å². The van der Waals surface area contributed by atoms with Crippen LogP contribution < -0.4 is 30.3 Å². The quantitative estimate of drug-likeness (QED) is 0.312. The monoisotopic (exact) mass is 514 g/mol. The van der Waals surface area contributed by atoms with Gasteiger partial charge in [-0.25, -0.2) is 0 Å². The lowest BCUT2D eigenvalue weighted by Gasteiger charge is -2.19. The van der Waals surface area contributed by atoms with E-state index in [9.17, 15) is 9.59 Å². The van der Waals surface area contributed by atoms with Gasteiger partial charge in [-0.3, -0.25) is 9.59 Å². The maximum Gasteiger partial charge on any atom is 0.258 e. The van der Waals surface area contributed by atoms with Crippen LogP contribution in [0.25, 0.3) is 11.3 Å². The van der Waals surface area contributed by atoms with Gasteiger partial charge in [-0.1, -0.05) is 37.3 Å². The Kier molecular flexibility index (Phi) is 8.66. The Morgan fingerprint density at radius 1 is 0.921 bits per heavy atom. The fraction of sp³-hybridized carbons (Fsp3) is 0.267. The minimum atomic E-state index is -0.215. The van der Waals surface area contributed by atoms with E-state index in [1.54, 1.807) is 11.9 Å². The first-order valence-electron chi connectivity index (χ1n) is 12.9. The van der Waals surface area contributed by atoms with Crippen LogP contribution in [-0.4, -0.2) is 45.2 Å². The molecule has 2 amide bonds. The van der Waals surface area contributed by atoms with Gasteiger partial charge in [-0.05, 0) is 56.3 Å². The molecule has 0 spiro atoms. The largest absolute Gasteiger partial charge is 0.490 e. The minimum absolute atomic E-state index is 0.0181. The van der Waals surface area contributed by atoms with E-state index in [0.717, 1.165) is 29.0 Å². The highest BCUT2D eigenvalue weighted by atomic mass is 16.5. The summed E-state index contributed by atoms with van der Waals surface area (Å²) in [5, 5.41) is 9.50. The summed E-state index contributed by atoms with van der Waals surface area (Å²) in [5.74, 6) is 0.944. The molecule has 0 fully saturated rings. The molecule has 8 nitrogen and oxygen atoms in total. The van der Waals surface area contributed by atoms with E-state index in [-0.39, 0.29) is 18.4 Å². The number of benzene rings is 3. The number of hydrogen-bond donors (Lipinski definition) is 3. The molecular weight excluding hydrogens is 480 g/mol. The summed E-state index contributed by atoms with van der Waals surface area (Å²) in [6.07, 6.45) is 0. The van der Waals surface area contributed by atoms with Crippen molar-refractivity contribution >= 4 is 40.1 Å². The van der Waals surface area contributed by atoms with Gasteiger partial charge in [-0.2, -0.15) is 0 Å². The summed E-state index contributed by atoms with van der Waals surface area (Å²) < 4.78 is 11.6. The normalized spacial score (nSPS) is 13.4. The van der Waals surface area contributed by atoms with Crippen LogP contribution in [0, 0.1) is 0 Å². The SMILES string of the molecule is CCNCC(=O)N(C)c1ccc(NC(=C2C(=O)Nc3cc(OCC)c(OCC)cc32)c2ccccc2)cc1. The van der Waals surface area contributed by atoms with Crippen molar-refractivity contribution in [3.63, 3.8) is 0 Å². The second-order valence-corrected chi connectivity index (χ2v) is 8.69. The van der Waals surface area contributed by atoms with Crippen molar-refractivity contribution in [3.8, 4) is 11.5 Å². The van der Waals surface area contributed by atoms with E-state index in [0.29, 0.717) is 41.7 Å². The van der Waals surface area contributed by atoms with Gasteiger partial charge in [0.25, 0.3) is 5.91 Å². The third-order valence-electron chi connectivity index (χ3n) is 6.16. The van der Waals surface area contributed by atoms with Crippen molar-refractivity contribution in [1.29, 1.82) is 0 Å². The van der Waals surface area contributed by atoms with Crippen LogP contribution in [0.5, 0.6) is 11.5 Å². The molecule has 0 aromatic heterocycles. The number of hydrogen-bond acceptors (Lipinski definition) is 6. The molecule has 0 atom stereocenters. The number of fused-ring (bicyclic) bond motifs is 1. The standard InChI is InChI=1S/C30H34N4O4/c1-5-31-19-27(35)34(4)22-15-13-21(14-16-22)32-29(20-11-9-8-10-12-20)28-23-17-25(37-6-2)26(38-7-3)18-24(23)33-30(28)36/h8-18,31-32H,5-7,19H2,1-4H3,(H,33,36). The predicted molar refractivity (Wildman–Crippen MR) is 153 cm³/mol. The zero-order valence-electron chi connectivity index (χ0n) is 22.3. The smallest absolute Gasteiger partial charge is 0.258 e. The van der Waals surface area contributed by atoms with Crippen LogP contribution in [-0.2, 0) is 9.59 Å². The molecule has 0 bridgehead atoms. The topological polar surface area (TPSA) is 91.9 Å². The second kappa shape index (κ2) is 12.3. The first kappa shape index (κ1) is 26.8. The van der Waals surface area contributed by atoms with Gasteiger partial charge in [0.1, 0.15) is 0 Å². The predicted octanol–water partition coefficient (Wildman–Crippen LogP) is 4.99. The second-order valence-electron chi connectivity index (χ2n) is 8.69. The summed E-state index contributed by atoms with van der Waals surface area (Å²) in [7, 11) is 1.76. The number of nitrogens with zero attached hydrogens (tertiary/aromatic N) is 1. The number of carbonyl (C=O) groups is 2. The summed E-state index contributed by atoms with van der Waals surface area (Å²) in [6.45, 7) is 7.75. The van der Waals surface area contributed by atoms with Crippen molar-refractivity contribution in [3.05, 3.63) is 77.9 Å². The molecule has 1 heterocycles. The van der Waals surface area contributed by atoms with E-state index in [1.807, 2.05) is 87.5 Å². The number of rotatable bonds is 11. The van der Waals surface area contributed by atoms with Crippen molar-refractivity contribution < 1.29 is 19.1 Å². The molecule has 38 heavy (non-hydrogen) atoms. The summed E-state index contributed by atoms with van der Waals surface area (Å²) >= 11 is 0. The van der Waals surface area contributed by atoms with Gasteiger partial charge < -0.3 is 30.3 Å². The third-order valence-corrected chi connectivity index (χ3v) is 6.16. The maximum atomic E-state index is 13.3. The minimum Gasteiger partial charge on any atom is -0.490 e. The lowest BCUT2D eigenvalue weighted by atomic mass is 9.99. The molecule has 0 unspecified atom stereocenters. The zero-order chi connectivity index (χ0) is 27.1. The molecule has 8 heteroatoms. The molecule has 4 rings (SSSR count). The lowest BCUT2D eigenvalue weighted by Crippen LogP contribution is -2.35. The zero-order valence-corrected chi connectivity index (χ0v) is 22.3. The van der Waals surface area contributed by atoms with Gasteiger partial charge in [0.05, 0.1) is 36.7 Å². The number of amides is 2. The van der Waals surface area contributed by atoms with Crippen LogP contribution in [0.3, 0.4) is 0 Å². The third kappa shape index (κ3) is 5.81. The number of anilines is 3. The van der Waals surface area contributed by atoms with E-state index in [4.69, 9.17) is 9.47 Å². The number of ether oxygens (including phenoxy) is 2. The Bertz CT molecular complexity index is 1320.